The summed E-state index contributed by atoms with van der Waals surface area (Å²) in [5.74, 6) is 1.57. The lowest BCUT2D eigenvalue weighted by atomic mass is 9.81. The number of hydrogen-bond acceptors (Lipinski definition) is 1. The van der Waals surface area contributed by atoms with Crippen molar-refractivity contribution in [2.45, 2.75) is 40.5 Å². The van der Waals surface area contributed by atoms with E-state index in [0.29, 0.717) is 11.3 Å². The number of ether oxygens (including phenoxy) is 1. The van der Waals surface area contributed by atoms with Gasteiger partial charge in [0.15, 0.2) is 0 Å². The maximum absolute atomic E-state index is 5.32. The summed E-state index contributed by atoms with van der Waals surface area (Å²) in [6.07, 6.45) is 10.8. The molecule has 0 N–H and O–H groups in total. The monoisotopic (exact) mass is 220 g/mol. The Morgan fingerprint density at radius 3 is 2.62 bits per heavy atom. The molecule has 0 spiro atoms. The van der Waals surface area contributed by atoms with Crippen molar-refractivity contribution in [2.75, 3.05) is 7.11 Å². The summed E-state index contributed by atoms with van der Waals surface area (Å²) in [6, 6.07) is 0. The van der Waals surface area contributed by atoms with Gasteiger partial charge in [-0.15, -0.1) is 0 Å². The molecule has 0 saturated carbocycles. The van der Waals surface area contributed by atoms with Gasteiger partial charge in [0.25, 0.3) is 0 Å². The third kappa shape index (κ3) is 4.26. The van der Waals surface area contributed by atoms with E-state index < -0.39 is 0 Å². The molecule has 0 aliphatic heterocycles. The van der Waals surface area contributed by atoms with Crippen LogP contribution in [0.1, 0.15) is 40.5 Å². The molecule has 0 saturated heterocycles. The van der Waals surface area contributed by atoms with Crippen LogP contribution in [0.2, 0.25) is 0 Å². The first-order valence-corrected chi connectivity index (χ1v) is 6.03. The van der Waals surface area contributed by atoms with Gasteiger partial charge in [0.2, 0.25) is 0 Å². The van der Waals surface area contributed by atoms with Gasteiger partial charge >= 0.3 is 0 Å². The second-order valence-electron chi connectivity index (χ2n) is 5.79. The van der Waals surface area contributed by atoms with E-state index in [1.165, 1.54) is 12.0 Å². The molecule has 0 radical (unpaired) electrons. The SMILES string of the molecule is COC1=CC=CCC(C(C)CC(C)(C)C)=C1. The van der Waals surface area contributed by atoms with Crippen LogP contribution in [0.3, 0.4) is 0 Å². The van der Waals surface area contributed by atoms with Crippen molar-refractivity contribution in [3.05, 3.63) is 35.6 Å². The molecule has 0 aromatic carbocycles. The average Bonchev–Trinajstić information content (AvgIpc) is 2.39. The third-order valence-corrected chi connectivity index (χ3v) is 2.87. The lowest BCUT2D eigenvalue weighted by Gasteiger charge is -2.25. The Kier molecular flexibility index (Phi) is 4.40. The van der Waals surface area contributed by atoms with E-state index in [4.69, 9.17) is 4.74 Å². The molecule has 0 bridgehead atoms. The Morgan fingerprint density at radius 1 is 1.38 bits per heavy atom. The first-order valence-electron chi connectivity index (χ1n) is 6.03. The lowest BCUT2D eigenvalue weighted by molar-refractivity contribution is 0.302. The maximum Gasteiger partial charge on any atom is 0.118 e. The molecule has 1 aliphatic carbocycles. The zero-order chi connectivity index (χ0) is 12.2. The number of rotatable bonds is 3. The van der Waals surface area contributed by atoms with E-state index >= 15 is 0 Å². The lowest BCUT2D eigenvalue weighted by Crippen LogP contribution is -2.12. The highest BCUT2D eigenvalue weighted by atomic mass is 16.5. The summed E-state index contributed by atoms with van der Waals surface area (Å²) in [6.45, 7) is 9.19. The Hall–Kier alpha value is -0.980. The summed E-state index contributed by atoms with van der Waals surface area (Å²) in [5, 5.41) is 0. The zero-order valence-electron chi connectivity index (χ0n) is 11.2. The molecule has 90 valence electrons. The van der Waals surface area contributed by atoms with Gasteiger partial charge in [-0.25, -0.2) is 0 Å². The highest BCUT2D eigenvalue weighted by Crippen LogP contribution is 2.31. The second kappa shape index (κ2) is 5.38. The van der Waals surface area contributed by atoms with Crippen LogP contribution >= 0.6 is 0 Å². The van der Waals surface area contributed by atoms with E-state index in [1.807, 2.05) is 6.08 Å². The molecule has 1 unspecified atom stereocenters. The second-order valence-corrected chi connectivity index (χ2v) is 5.79. The quantitative estimate of drug-likeness (QED) is 0.681. The predicted octanol–water partition coefficient (Wildman–Crippen LogP) is 4.48. The molecule has 1 aliphatic rings. The normalized spacial score (nSPS) is 18.6. The number of hydrogen-bond donors (Lipinski definition) is 0. The molecule has 1 nitrogen and oxygen atoms in total. The van der Waals surface area contributed by atoms with Crippen molar-refractivity contribution in [3.8, 4) is 0 Å². The van der Waals surface area contributed by atoms with E-state index in [0.717, 1.165) is 12.2 Å². The highest BCUT2D eigenvalue weighted by Gasteiger charge is 2.18. The molecule has 0 amide bonds. The van der Waals surface area contributed by atoms with Crippen molar-refractivity contribution in [3.63, 3.8) is 0 Å². The minimum atomic E-state index is 0.382. The summed E-state index contributed by atoms with van der Waals surface area (Å²) in [4.78, 5) is 0. The molecule has 0 fully saturated rings. The van der Waals surface area contributed by atoms with Crippen molar-refractivity contribution >= 4 is 0 Å². The first-order chi connectivity index (χ1) is 7.42. The van der Waals surface area contributed by atoms with E-state index in [2.05, 4.69) is 45.9 Å². The molecule has 1 heteroatoms. The van der Waals surface area contributed by atoms with Crippen LogP contribution in [-0.2, 0) is 4.74 Å². The fourth-order valence-electron chi connectivity index (χ4n) is 2.18. The Balaban J connectivity index is 2.76. The Bertz CT molecular complexity index is 313. The van der Waals surface area contributed by atoms with Gasteiger partial charge in [0.1, 0.15) is 5.76 Å². The van der Waals surface area contributed by atoms with Crippen LogP contribution < -0.4 is 0 Å². The van der Waals surface area contributed by atoms with Crippen molar-refractivity contribution in [1.82, 2.24) is 0 Å². The van der Waals surface area contributed by atoms with Crippen LogP contribution in [0, 0.1) is 11.3 Å². The van der Waals surface area contributed by atoms with Crippen molar-refractivity contribution in [1.29, 1.82) is 0 Å². The van der Waals surface area contributed by atoms with Crippen LogP contribution in [-0.4, -0.2) is 7.11 Å². The summed E-state index contributed by atoms with van der Waals surface area (Å²) < 4.78 is 5.32. The van der Waals surface area contributed by atoms with Crippen LogP contribution in [0.15, 0.2) is 35.6 Å². The molecule has 0 heterocycles. The topological polar surface area (TPSA) is 9.23 Å². The molecule has 1 atom stereocenters. The van der Waals surface area contributed by atoms with Gasteiger partial charge in [-0.05, 0) is 36.3 Å². The van der Waals surface area contributed by atoms with E-state index in [1.54, 1.807) is 7.11 Å². The van der Waals surface area contributed by atoms with Gasteiger partial charge in [-0.3, -0.25) is 0 Å². The molecule has 1 rings (SSSR count). The third-order valence-electron chi connectivity index (χ3n) is 2.87. The van der Waals surface area contributed by atoms with Gasteiger partial charge in [-0.2, -0.15) is 0 Å². The molecule has 0 aromatic rings. The minimum Gasteiger partial charge on any atom is -0.497 e. The smallest absolute Gasteiger partial charge is 0.118 e. The van der Waals surface area contributed by atoms with Gasteiger partial charge in [0, 0.05) is 0 Å². The average molecular weight is 220 g/mol. The zero-order valence-corrected chi connectivity index (χ0v) is 11.2. The van der Waals surface area contributed by atoms with Crippen molar-refractivity contribution in [2.24, 2.45) is 11.3 Å². The molecular formula is C15H24O. The van der Waals surface area contributed by atoms with Gasteiger partial charge in [0.05, 0.1) is 7.11 Å². The van der Waals surface area contributed by atoms with Crippen LogP contribution in [0.25, 0.3) is 0 Å². The Labute approximate surface area is 99.9 Å². The maximum atomic E-state index is 5.32. The van der Waals surface area contributed by atoms with Gasteiger partial charge < -0.3 is 4.74 Å². The molecule has 0 aromatic heterocycles. The fourth-order valence-corrected chi connectivity index (χ4v) is 2.18. The van der Waals surface area contributed by atoms with Crippen LogP contribution in [0.5, 0.6) is 0 Å². The van der Waals surface area contributed by atoms with Crippen molar-refractivity contribution < 1.29 is 4.74 Å². The Morgan fingerprint density at radius 2 is 2.06 bits per heavy atom. The summed E-state index contributed by atoms with van der Waals surface area (Å²) in [7, 11) is 1.73. The minimum absolute atomic E-state index is 0.382. The largest absolute Gasteiger partial charge is 0.497 e. The first kappa shape index (κ1) is 13.1. The predicted molar refractivity (Wildman–Crippen MR) is 70.2 cm³/mol. The molecular weight excluding hydrogens is 196 g/mol. The number of allylic oxidation sites excluding steroid dienone is 5. The number of methoxy groups -OCH3 is 1. The summed E-state index contributed by atoms with van der Waals surface area (Å²) >= 11 is 0. The molecule has 16 heavy (non-hydrogen) atoms. The standard InChI is InChI=1S/C15H24O/c1-12(11-15(2,3)4)13-8-6-7-9-14(10-13)16-5/h6-7,9-10,12H,8,11H2,1-5H3. The van der Waals surface area contributed by atoms with E-state index in [9.17, 15) is 0 Å². The summed E-state index contributed by atoms with van der Waals surface area (Å²) in [5.41, 5.74) is 1.85. The van der Waals surface area contributed by atoms with E-state index in [-0.39, 0.29) is 0 Å². The highest BCUT2D eigenvalue weighted by molar-refractivity contribution is 5.29. The fraction of sp³-hybridized carbons (Fsp3) is 0.600. The van der Waals surface area contributed by atoms with Gasteiger partial charge in [-0.1, -0.05) is 45.4 Å². The van der Waals surface area contributed by atoms with Crippen LogP contribution in [0.4, 0.5) is 0 Å².